The van der Waals surface area contributed by atoms with Gasteiger partial charge in [-0.25, -0.2) is 17.8 Å². The molecule has 0 atom stereocenters. The Balaban J connectivity index is 2.37. The van der Waals surface area contributed by atoms with E-state index in [2.05, 4.69) is 25.6 Å². The van der Waals surface area contributed by atoms with Gasteiger partial charge in [-0.05, 0) is 52.7 Å². The lowest BCUT2D eigenvalue weighted by atomic mass is 10.2. The van der Waals surface area contributed by atoms with Crippen LogP contribution in [0.3, 0.4) is 0 Å². The van der Waals surface area contributed by atoms with E-state index in [1.807, 2.05) is 0 Å². The standard InChI is InChI=1S/C13H9BrFN3O2S/c1-8-4-11(14)12(15)5-13(8)18-21(19,20)10-3-2-9(6-16)17-7-10/h2-5,7,18H,1H3. The number of pyridine rings is 1. The molecule has 0 unspecified atom stereocenters. The number of halogens is 2. The van der Waals surface area contributed by atoms with E-state index in [-0.39, 0.29) is 20.7 Å². The molecule has 8 heteroatoms. The van der Waals surface area contributed by atoms with E-state index in [4.69, 9.17) is 5.26 Å². The Morgan fingerprint density at radius 2 is 2.10 bits per heavy atom. The first-order valence-electron chi connectivity index (χ1n) is 5.68. The van der Waals surface area contributed by atoms with Crippen LogP contribution in [-0.4, -0.2) is 13.4 Å². The van der Waals surface area contributed by atoms with Crippen LogP contribution >= 0.6 is 15.9 Å². The number of nitriles is 1. The zero-order chi connectivity index (χ0) is 15.6. The SMILES string of the molecule is Cc1cc(Br)c(F)cc1NS(=O)(=O)c1ccc(C#N)nc1. The Morgan fingerprint density at radius 3 is 2.67 bits per heavy atom. The molecule has 0 spiro atoms. The zero-order valence-corrected chi connectivity index (χ0v) is 13.2. The smallest absolute Gasteiger partial charge is 0.263 e. The highest BCUT2D eigenvalue weighted by atomic mass is 79.9. The van der Waals surface area contributed by atoms with Crippen LogP contribution in [0.5, 0.6) is 0 Å². The number of nitrogens with zero attached hydrogens (tertiary/aromatic N) is 2. The number of aromatic nitrogens is 1. The number of aryl methyl sites for hydroxylation is 1. The van der Waals surface area contributed by atoms with Crippen molar-refractivity contribution in [3.63, 3.8) is 0 Å². The van der Waals surface area contributed by atoms with Crippen LogP contribution in [0.1, 0.15) is 11.3 Å². The van der Waals surface area contributed by atoms with Crippen LogP contribution in [0.2, 0.25) is 0 Å². The molecule has 0 aliphatic carbocycles. The van der Waals surface area contributed by atoms with Crippen LogP contribution in [0.15, 0.2) is 39.8 Å². The number of nitrogens with one attached hydrogen (secondary N) is 1. The van der Waals surface area contributed by atoms with E-state index in [1.54, 1.807) is 13.0 Å². The molecule has 108 valence electrons. The van der Waals surface area contributed by atoms with Crippen molar-refractivity contribution in [2.24, 2.45) is 0 Å². The Hall–Kier alpha value is -1.98. The van der Waals surface area contributed by atoms with Crippen LogP contribution in [-0.2, 0) is 10.0 Å². The molecule has 1 aromatic carbocycles. The largest absolute Gasteiger partial charge is 0.279 e. The number of rotatable bonds is 3. The summed E-state index contributed by atoms with van der Waals surface area (Å²) in [5.74, 6) is -0.573. The summed E-state index contributed by atoms with van der Waals surface area (Å²) in [4.78, 5) is 3.59. The van der Waals surface area contributed by atoms with Crippen LogP contribution in [0.25, 0.3) is 0 Å². The minimum atomic E-state index is -3.89. The average Bonchev–Trinajstić information content (AvgIpc) is 2.44. The second-order valence-corrected chi connectivity index (χ2v) is 6.71. The molecule has 0 amide bonds. The third-order valence-electron chi connectivity index (χ3n) is 2.67. The molecule has 0 bridgehead atoms. The predicted octanol–water partition coefficient (Wildman–Crippen LogP) is 2.96. The topological polar surface area (TPSA) is 82.9 Å². The van der Waals surface area contributed by atoms with E-state index in [9.17, 15) is 12.8 Å². The third kappa shape index (κ3) is 3.37. The Bertz CT molecular complexity index is 830. The number of sulfonamides is 1. The second kappa shape index (κ2) is 5.79. The molecule has 1 aromatic heterocycles. The molecule has 2 aromatic rings. The quantitative estimate of drug-likeness (QED) is 0.901. The highest BCUT2D eigenvalue weighted by Crippen LogP contribution is 2.25. The van der Waals surface area contributed by atoms with Gasteiger partial charge in [-0.3, -0.25) is 4.72 Å². The summed E-state index contributed by atoms with van der Waals surface area (Å²) >= 11 is 3.03. The van der Waals surface area contributed by atoms with Gasteiger partial charge in [-0.2, -0.15) is 5.26 Å². The molecule has 0 aliphatic rings. The molecular weight excluding hydrogens is 361 g/mol. The fourth-order valence-electron chi connectivity index (χ4n) is 1.57. The maximum absolute atomic E-state index is 13.5. The fourth-order valence-corrected chi connectivity index (χ4v) is 3.09. The van der Waals surface area contributed by atoms with Gasteiger partial charge in [0.15, 0.2) is 0 Å². The molecule has 21 heavy (non-hydrogen) atoms. The van der Waals surface area contributed by atoms with Crippen molar-refractivity contribution in [2.45, 2.75) is 11.8 Å². The Labute approximate surface area is 129 Å². The van der Waals surface area contributed by atoms with Gasteiger partial charge in [-0.15, -0.1) is 0 Å². The Morgan fingerprint density at radius 1 is 1.38 bits per heavy atom. The lowest BCUT2D eigenvalue weighted by Crippen LogP contribution is -2.14. The molecule has 0 radical (unpaired) electrons. The van der Waals surface area contributed by atoms with Crippen molar-refractivity contribution >= 4 is 31.6 Å². The van der Waals surface area contributed by atoms with Gasteiger partial charge in [0.25, 0.3) is 10.0 Å². The normalized spacial score (nSPS) is 11.0. The fraction of sp³-hybridized carbons (Fsp3) is 0.0769. The predicted molar refractivity (Wildman–Crippen MR) is 78.6 cm³/mol. The van der Waals surface area contributed by atoms with Crippen molar-refractivity contribution in [2.75, 3.05) is 4.72 Å². The van der Waals surface area contributed by atoms with E-state index < -0.39 is 15.8 Å². The summed E-state index contributed by atoms with van der Waals surface area (Å²) in [7, 11) is -3.89. The number of hydrogen-bond acceptors (Lipinski definition) is 4. The molecule has 2 rings (SSSR count). The van der Waals surface area contributed by atoms with Gasteiger partial charge < -0.3 is 0 Å². The summed E-state index contributed by atoms with van der Waals surface area (Å²) in [6.07, 6.45) is 1.07. The molecule has 0 saturated carbocycles. The first-order chi connectivity index (χ1) is 9.83. The summed E-state index contributed by atoms with van der Waals surface area (Å²) < 4.78 is 40.4. The molecular formula is C13H9BrFN3O2S. The average molecular weight is 370 g/mol. The van der Waals surface area contributed by atoms with E-state index in [0.29, 0.717) is 5.56 Å². The highest BCUT2D eigenvalue weighted by molar-refractivity contribution is 9.10. The van der Waals surface area contributed by atoms with Crippen LogP contribution in [0.4, 0.5) is 10.1 Å². The van der Waals surface area contributed by atoms with E-state index in [1.165, 1.54) is 18.2 Å². The van der Waals surface area contributed by atoms with E-state index >= 15 is 0 Å². The summed E-state index contributed by atoms with van der Waals surface area (Å²) in [5, 5.41) is 8.64. The molecule has 0 aliphatic heterocycles. The number of benzene rings is 1. The van der Waals surface area contributed by atoms with Gasteiger partial charge in [0.05, 0.1) is 10.2 Å². The molecule has 1 heterocycles. The van der Waals surface area contributed by atoms with Crippen molar-refractivity contribution < 1.29 is 12.8 Å². The maximum Gasteiger partial charge on any atom is 0.263 e. The van der Waals surface area contributed by atoms with Gasteiger partial charge in [-0.1, -0.05) is 0 Å². The summed E-state index contributed by atoms with van der Waals surface area (Å²) in [6.45, 7) is 1.65. The highest BCUT2D eigenvalue weighted by Gasteiger charge is 2.17. The third-order valence-corrected chi connectivity index (χ3v) is 4.63. The van der Waals surface area contributed by atoms with Gasteiger partial charge in [0.2, 0.25) is 0 Å². The lowest BCUT2D eigenvalue weighted by Gasteiger charge is -2.11. The Kier molecular flexibility index (Phi) is 4.25. The minimum Gasteiger partial charge on any atom is -0.279 e. The van der Waals surface area contributed by atoms with Crippen molar-refractivity contribution in [1.29, 1.82) is 5.26 Å². The van der Waals surface area contributed by atoms with Crippen LogP contribution < -0.4 is 4.72 Å². The first-order valence-corrected chi connectivity index (χ1v) is 7.96. The van der Waals surface area contributed by atoms with E-state index in [0.717, 1.165) is 12.3 Å². The molecule has 5 nitrogen and oxygen atoms in total. The molecule has 0 fully saturated rings. The van der Waals surface area contributed by atoms with Crippen LogP contribution in [0, 0.1) is 24.1 Å². The zero-order valence-electron chi connectivity index (χ0n) is 10.8. The monoisotopic (exact) mass is 369 g/mol. The molecule has 0 saturated heterocycles. The first kappa shape index (κ1) is 15.4. The second-order valence-electron chi connectivity index (χ2n) is 4.18. The lowest BCUT2D eigenvalue weighted by molar-refractivity contribution is 0.600. The van der Waals surface area contributed by atoms with Gasteiger partial charge in [0, 0.05) is 6.20 Å². The number of anilines is 1. The minimum absolute atomic E-state index is 0.107. The van der Waals surface area contributed by atoms with Crippen molar-refractivity contribution in [3.05, 3.63) is 52.0 Å². The van der Waals surface area contributed by atoms with Gasteiger partial charge in [0.1, 0.15) is 22.5 Å². The summed E-state index contributed by atoms with van der Waals surface area (Å²) in [5.41, 5.74) is 0.813. The van der Waals surface area contributed by atoms with Crippen molar-refractivity contribution in [1.82, 2.24) is 4.98 Å². The summed E-state index contributed by atoms with van der Waals surface area (Å²) in [6, 6.07) is 6.92. The molecule has 1 N–H and O–H groups in total. The van der Waals surface area contributed by atoms with Gasteiger partial charge >= 0.3 is 0 Å². The van der Waals surface area contributed by atoms with Crippen molar-refractivity contribution in [3.8, 4) is 6.07 Å². The maximum atomic E-state index is 13.5. The number of hydrogen-bond donors (Lipinski definition) is 1.